The molecule has 0 saturated heterocycles. The normalized spacial score (nSPS) is 14.7. The van der Waals surface area contributed by atoms with Gasteiger partial charge in [0.05, 0.1) is 42.3 Å². The van der Waals surface area contributed by atoms with Crippen molar-refractivity contribution in [3.05, 3.63) is 64.9 Å². The summed E-state index contributed by atoms with van der Waals surface area (Å²) >= 11 is 0.878. The van der Waals surface area contributed by atoms with Crippen LogP contribution in [0.3, 0.4) is 0 Å². The fourth-order valence-electron chi connectivity index (χ4n) is 4.77. The number of carbonyl (C=O) groups excluding carboxylic acids is 2. The zero-order valence-corrected chi connectivity index (χ0v) is 24.8. The third-order valence-electron chi connectivity index (χ3n) is 6.98. The van der Waals surface area contributed by atoms with Crippen LogP contribution in [0.2, 0.25) is 0 Å². The van der Waals surface area contributed by atoms with Gasteiger partial charge in [-0.3, -0.25) is 9.59 Å². The van der Waals surface area contributed by atoms with Crippen molar-refractivity contribution in [2.75, 3.05) is 18.1 Å². The van der Waals surface area contributed by atoms with E-state index in [4.69, 9.17) is 5.73 Å². The van der Waals surface area contributed by atoms with Crippen molar-refractivity contribution in [2.45, 2.75) is 57.7 Å². The van der Waals surface area contributed by atoms with Gasteiger partial charge < -0.3 is 21.5 Å². The molecule has 10 nitrogen and oxygen atoms in total. The second-order valence-corrected chi connectivity index (χ2v) is 13.3. The van der Waals surface area contributed by atoms with Crippen LogP contribution in [0.25, 0.3) is 10.4 Å². The monoisotopic (exact) mass is 621 g/mol. The smallest absolute Gasteiger partial charge is 0.251 e. The van der Waals surface area contributed by atoms with E-state index in [2.05, 4.69) is 15.6 Å². The van der Waals surface area contributed by atoms with E-state index in [1.54, 1.807) is 25.1 Å². The van der Waals surface area contributed by atoms with E-state index in [0.29, 0.717) is 5.69 Å². The van der Waals surface area contributed by atoms with Crippen LogP contribution < -0.4 is 16.4 Å². The first-order chi connectivity index (χ1) is 19.8. The number of sulfonamides is 1. The molecule has 2 heterocycles. The average Bonchev–Trinajstić information content (AvgIpc) is 3.57. The minimum Gasteiger partial charge on any atom is -0.388 e. The van der Waals surface area contributed by atoms with Crippen LogP contribution in [0.15, 0.2) is 36.4 Å². The van der Waals surface area contributed by atoms with Gasteiger partial charge in [0.1, 0.15) is 22.5 Å². The van der Waals surface area contributed by atoms with Crippen molar-refractivity contribution in [2.24, 2.45) is 5.73 Å². The number of amides is 2. The summed E-state index contributed by atoms with van der Waals surface area (Å²) in [5, 5.41) is 16.0. The minimum absolute atomic E-state index is 0.0278. The molecule has 1 saturated carbocycles. The van der Waals surface area contributed by atoms with Gasteiger partial charge in [0.15, 0.2) is 0 Å². The number of hydrogen-bond donors (Lipinski definition) is 4. The van der Waals surface area contributed by atoms with Crippen LogP contribution in [0, 0.1) is 11.6 Å². The van der Waals surface area contributed by atoms with Crippen LogP contribution in [0.1, 0.15) is 66.7 Å². The highest BCUT2D eigenvalue weighted by Gasteiger charge is 2.25. The van der Waals surface area contributed by atoms with Gasteiger partial charge in [-0.25, -0.2) is 22.2 Å². The Hall–Kier alpha value is -3.46. The summed E-state index contributed by atoms with van der Waals surface area (Å²) in [6, 6.07) is 8.18. The molecule has 0 spiro atoms. The first-order valence-electron chi connectivity index (χ1n) is 13.4. The summed E-state index contributed by atoms with van der Waals surface area (Å²) in [6.45, 7) is 1.14. The molecule has 5 N–H and O–H groups in total. The Bertz CT molecular complexity index is 1550. The molecular formula is C28H33F2N5O5S2. The molecule has 1 atom stereocenters. The zero-order chi connectivity index (χ0) is 30.6. The van der Waals surface area contributed by atoms with E-state index in [1.165, 1.54) is 6.07 Å². The lowest BCUT2D eigenvalue weighted by Crippen LogP contribution is -2.43. The summed E-state index contributed by atoms with van der Waals surface area (Å²) in [4.78, 5) is 29.2. The number of carbonyl (C=O) groups is 2. The van der Waals surface area contributed by atoms with Crippen LogP contribution >= 0.6 is 11.3 Å². The Kier molecular flexibility index (Phi) is 9.92. The zero-order valence-electron chi connectivity index (χ0n) is 23.2. The lowest BCUT2D eigenvalue weighted by atomic mass is 10.0. The van der Waals surface area contributed by atoms with Crippen LogP contribution in [-0.4, -0.2) is 53.5 Å². The van der Waals surface area contributed by atoms with Crippen LogP contribution in [0.5, 0.6) is 0 Å². The number of nitrogens with one attached hydrogen (secondary N) is 2. The molecule has 42 heavy (non-hydrogen) atoms. The van der Waals surface area contributed by atoms with E-state index < -0.39 is 39.6 Å². The Balaban J connectivity index is 1.56. The molecule has 14 heteroatoms. The Morgan fingerprint density at radius 2 is 1.86 bits per heavy atom. The number of aliphatic hydroxyl groups is 1. The predicted molar refractivity (Wildman–Crippen MR) is 157 cm³/mol. The largest absolute Gasteiger partial charge is 0.388 e. The van der Waals surface area contributed by atoms with Gasteiger partial charge in [-0.1, -0.05) is 25.8 Å². The Morgan fingerprint density at radius 3 is 2.45 bits per heavy atom. The molecule has 2 aromatic heterocycles. The number of primary amides is 1. The second kappa shape index (κ2) is 13.2. The topological polar surface area (TPSA) is 155 Å². The van der Waals surface area contributed by atoms with Gasteiger partial charge in [-0.05, 0) is 55.2 Å². The molecule has 4 rings (SSSR count). The highest BCUT2D eigenvalue weighted by molar-refractivity contribution is 7.88. The third-order valence-corrected chi connectivity index (χ3v) is 9.24. The maximum atomic E-state index is 15.0. The number of thiophene rings is 1. The van der Waals surface area contributed by atoms with Crippen molar-refractivity contribution < 1.29 is 31.9 Å². The highest BCUT2D eigenvalue weighted by atomic mass is 32.2. The van der Waals surface area contributed by atoms with Gasteiger partial charge in [-0.2, -0.15) is 4.31 Å². The number of pyridine rings is 1. The summed E-state index contributed by atoms with van der Waals surface area (Å²) < 4.78 is 55.8. The predicted octanol–water partition coefficient (Wildman–Crippen LogP) is 4.19. The molecule has 226 valence electrons. The standard InChI is InChI=1S/C28H33F2N5O5S2/c1-3-22(36)16-11-20(29)26(21(30)12-16)23-13-19(27(31)38)28(41-23)34-24-10-6-9-18(32-24)14-35(42(2,39)40)15-25(37)33-17-7-4-5-8-17/h6,9-13,17,22,36H,3-5,7-8,14-15H2,1-2H3,(H2,31,38)(H,32,34)(H,33,37). The minimum atomic E-state index is -3.76. The fraction of sp³-hybridized carbons (Fsp3) is 0.393. The first kappa shape index (κ1) is 31.5. The Labute approximate surface area is 247 Å². The van der Waals surface area contributed by atoms with Gasteiger partial charge in [-0.15, -0.1) is 11.3 Å². The molecule has 1 unspecified atom stereocenters. The molecular weight excluding hydrogens is 588 g/mol. The molecule has 3 aromatic rings. The quantitative estimate of drug-likeness (QED) is 0.236. The molecule has 2 amide bonds. The molecule has 1 fully saturated rings. The number of hydrogen-bond acceptors (Lipinski definition) is 8. The van der Waals surface area contributed by atoms with Crippen LogP contribution in [-0.2, 0) is 21.4 Å². The van der Waals surface area contributed by atoms with Crippen molar-refractivity contribution in [1.29, 1.82) is 0 Å². The summed E-state index contributed by atoms with van der Waals surface area (Å²) in [7, 11) is -3.76. The molecule has 1 aliphatic rings. The molecule has 0 aliphatic heterocycles. The number of halogens is 2. The number of anilines is 2. The van der Waals surface area contributed by atoms with E-state index in [-0.39, 0.29) is 57.9 Å². The van der Waals surface area contributed by atoms with E-state index in [1.807, 2.05) is 0 Å². The van der Waals surface area contributed by atoms with Gasteiger partial charge in [0.2, 0.25) is 15.9 Å². The maximum Gasteiger partial charge on any atom is 0.251 e. The molecule has 1 aromatic carbocycles. The van der Waals surface area contributed by atoms with Crippen molar-refractivity contribution in [3.63, 3.8) is 0 Å². The fourth-order valence-corrected chi connectivity index (χ4v) is 6.61. The molecule has 1 aliphatic carbocycles. The van der Waals surface area contributed by atoms with E-state index in [0.717, 1.165) is 59.7 Å². The lowest BCUT2D eigenvalue weighted by molar-refractivity contribution is -0.122. The van der Waals surface area contributed by atoms with Gasteiger partial charge in [0, 0.05) is 10.9 Å². The molecule has 0 bridgehead atoms. The summed E-state index contributed by atoms with van der Waals surface area (Å²) in [6.07, 6.45) is 4.04. The number of aliphatic hydroxyl groups excluding tert-OH is 1. The summed E-state index contributed by atoms with van der Waals surface area (Å²) in [5.74, 6) is -2.82. The number of rotatable bonds is 12. The van der Waals surface area contributed by atoms with Gasteiger partial charge in [0.25, 0.3) is 5.91 Å². The van der Waals surface area contributed by atoms with Gasteiger partial charge >= 0.3 is 0 Å². The number of aromatic nitrogens is 1. The highest BCUT2D eigenvalue weighted by Crippen LogP contribution is 2.40. The van der Waals surface area contributed by atoms with Crippen molar-refractivity contribution in [3.8, 4) is 10.4 Å². The average molecular weight is 622 g/mol. The van der Waals surface area contributed by atoms with Crippen molar-refractivity contribution >= 4 is 44.0 Å². The number of nitrogens with zero attached hydrogens (tertiary/aromatic N) is 2. The Morgan fingerprint density at radius 1 is 1.19 bits per heavy atom. The van der Waals surface area contributed by atoms with E-state index in [9.17, 15) is 31.9 Å². The lowest BCUT2D eigenvalue weighted by Gasteiger charge is -2.21. The van der Waals surface area contributed by atoms with Crippen molar-refractivity contribution in [1.82, 2.24) is 14.6 Å². The SMILES string of the molecule is CCC(O)c1cc(F)c(-c2cc(C(N)=O)c(Nc3cccc(CN(CC(=O)NC4CCCC4)S(C)(=O)=O)n3)s2)c(F)c1. The number of benzene rings is 1. The number of nitrogens with two attached hydrogens (primary N) is 1. The second-order valence-electron chi connectivity index (χ2n) is 10.2. The summed E-state index contributed by atoms with van der Waals surface area (Å²) in [5.41, 5.74) is 5.56. The molecule has 0 radical (unpaired) electrons. The third kappa shape index (κ3) is 7.68. The maximum absolute atomic E-state index is 15.0. The first-order valence-corrected chi connectivity index (χ1v) is 16.1. The van der Waals surface area contributed by atoms with E-state index >= 15 is 0 Å². The van der Waals surface area contributed by atoms with Crippen LogP contribution in [0.4, 0.5) is 19.6 Å².